The number of fused-ring (bicyclic) bond motifs is 1. The van der Waals surface area contributed by atoms with E-state index in [4.69, 9.17) is 14.2 Å². The fourth-order valence-corrected chi connectivity index (χ4v) is 5.13. The van der Waals surface area contributed by atoms with Crippen molar-refractivity contribution >= 4 is 5.91 Å². The van der Waals surface area contributed by atoms with Crippen molar-refractivity contribution in [1.82, 2.24) is 10.2 Å². The lowest BCUT2D eigenvalue weighted by Crippen LogP contribution is -2.36. The molecule has 0 bridgehead atoms. The molecule has 2 aliphatic rings. The van der Waals surface area contributed by atoms with Gasteiger partial charge in [0.1, 0.15) is 0 Å². The summed E-state index contributed by atoms with van der Waals surface area (Å²) in [4.78, 5) is 15.3. The molecule has 6 nitrogen and oxygen atoms in total. The number of nitrogens with zero attached hydrogens (tertiary/aromatic N) is 1. The molecule has 6 heteroatoms. The normalized spacial score (nSPS) is 22.3. The van der Waals surface area contributed by atoms with E-state index in [0.717, 1.165) is 44.6 Å². The zero-order valence-corrected chi connectivity index (χ0v) is 18.6. The first-order valence-electron chi connectivity index (χ1n) is 10.9. The monoisotopic (exact) mass is 424 g/mol. The predicted molar refractivity (Wildman–Crippen MR) is 120 cm³/mol. The molecule has 2 aromatic carbocycles. The molecule has 2 fully saturated rings. The van der Waals surface area contributed by atoms with Crippen molar-refractivity contribution in [2.24, 2.45) is 11.3 Å². The van der Waals surface area contributed by atoms with Crippen LogP contribution in [0, 0.1) is 11.3 Å². The number of rotatable bonds is 8. The Hall–Kier alpha value is -2.73. The van der Waals surface area contributed by atoms with Gasteiger partial charge in [-0.15, -0.1) is 0 Å². The first-order chi connectivity index (χ1) is 15.1. The van der Waals surface area contributed by atoms with E-state index in [1.165, 1.54) is 5.56 Å². The Kier molecular flexibility index (Phi) is 6.37. The number of nitrogens with one attached hydrogen (secondary N) is 1. The summed E-state index contributed by atoms with van der Waals surface area (Å²) in [7, 11) is 4.76. The van der Waals surface area contributed by atoms with Gasteiger partial charge in [0.2, 0.25) is 11.7 Å². The van der Waals surface area contributed by atoms with E-state index >= 15 is 0 Å². The summed E-state index contributed by atoms with van der Waals surface area (Å²) in [5.74, 6) is 2.36. The number of amides is 1. The second kappa shape index (κ2) is 9.18. The molecule has 0 radical (unpaired) electrons. The van der Waals surface area contributed by atoms with Gasteiger partial charge in [-0.1, -0.05) is 30.3 Å². The first kappa shape index (κ1) is 21.5. The van der Waals surface area contributed by atoms with Crippen molar-refractivity contribution in [2.45, 2.75) is 19.3 Å². The maximum absolute atomic E-state index is 13.2. The van der Waals surface area contributed by atoms with Crippen LogP contribution in [0.15, 0.2) is 42.5 Å². The van der Waals surface area contributed by atoms with Crippen LogP contribution in [0.2, 0.25) is 0 Å². The minimum Gasteiger partial charge on any atom is -0.493 e. The Morgan fingerprint density at radius 1 is 1.06 bits per heavy atom. The molecule has 2 atom stereocenters. The van der Waals surface area contributed by atoms with Crippen LogP contribution in [-0.2, 0) is 17.6 Å². The van der Waals surface area contributed by atoms with Gasteiger partial charge in [0.15, 0.2) is 11.5 Å². The Balaban J connectivity index is 1.45. The molecule has 166 valence electrons. The van der Waals surface area contributed by atoms with Gasteiger partial charge in [0, 0.05) is 31.6 Å². The second-order valence-corrected chi connectivity index (χ2v) is 8.66. The highest BCUT2D eigenvalue weighted by molar-refractivity contribution is 5.80. The third-order valence-corrected chi connectivity index (χ3v) is 6.87. The number of aryl methyl sites for hydroxylation is 1. The fraction of sp³-hybridized carbons (Fsp3) is 0.480. The lowest BCUT2D eigenvalue weighted by atomic mass is 9.76. The average molecular weight is 425 g/mol. The molecular formula is C25H32N2O4. The van der Waals surface area contributed by atoms with Crippen LogP contribution in [0.3, 0.4) is 0 Å². The largest absolute Gasteiger partial charge is 0.493 e. The molecule has 4 rings (SSSR count). The quantitative estimate of drug-likeness (QED) is 0.706. The van der Waals surface area contributed by atoms with E-state index in [-0.39, 0.29) is 11.3 Å². The zero-order chi connectivity index (χ0) is 21.8. The van der Waals surface area contributed by atoms with Crippen LogP contribution in [-0.4, -0.2) is 58.3 Å². The lowest BCUT2D eigenvalue weighted by molar-refractivity contribution is -0.130. The maximum Gasteiger partial charge on any atom is 0.227 e. The van der Waals surface area contributed by atoms with Crippen molar-refractivity contribution in [3.63, 3.8) is 0 Å². The van der Waals surface area contributed by atoms with Crippen LogP contribution in [0.5, 0.6) is 17.2 Å². The molecular weight excluding hydrogens is 392 g/mol. The van der Waals surface area contributed by atoms with Crippen LogP contribution in [0.25, 0.3) is 0 Å². The van der Waals surface area contributed by atoms with Crippen molar-refractivity contribution in [3.05, 3.63) is 53.6 Å². The number of carbonyl (C=O) groups excluding carboxylic acids is 1. The van der Waals surface area contributed by atoms with Gasteiger partial charge < -0.3 is 24.4 Å². The highest BCUT2D eigenvalue weighted by Gasteiger charge is 2.50. The molecule has 0 aromatic heterocycles. The van der Waals surface area contributed by atoms with Gasteiger partial charge in [-0.05, 0) is 42.0 Å². The highest BCUT2D eigenvalue weighted by atomic mass is 16.5. The van der Waals surface area contributed by atoms with Gasteiger partial charge in [0.25, 0.3) is 0 Å². The van der Waals surface area contributed by atoms with E-state index in [2.05, 4.69) is 40.5 Å². The molecule has 2 aliphatic heterocycles. The molecule has 0 aliphatic carbocycles. The van der Waals surface area contributed by atoms with Crippen molar-refractivity contribution < 1.29 is 19.0 Å². The molecule has 1 amide bonds. The Morgan fingerprint density at radius 3 is 2.42 bits per heavy atom. The van der Waals surface area contributed by atoms with Gasteiger partial charge in [-0.3, -0.25) is 4.79 Å². The van der Waals surface area contributed by atoms with E-state index in [1.54, 1.807) is 21.3 Å². The molecule has 2 heterocycles. The molecule has 0 spiro atoms. The van der Waals surface area contributed by atoms with Crippen molar-refractivity contribution in [1.29, 1.82) is 0 Å². The molecule has 0 saturated carbocycles. The van der Waals surface area contributed by atoms with Gasteiger partial charge in [-0.25, -0.2) is 0 Å². The molecule has 2 aromatic rings. The summed E-state index contributed by atoms with van der Waals surface area (Å²) in [6, 6.07) is 14.4. The Labute approximate surface area is 184 Å². The summed E-state index contributed by atoms with van der Waals surface area (Å²) < 4.78 is 16.3. The summed E-state index contributed by atoms with van der Waals surface area (Å²) in [5, 5.41) is 3.57. The van der Waals surface area contributed by atoms with Crippen LogP contribution < -0.4 is 19.5 Å². The lowest BCUT2D eigenvalue weighted by Gasteiger charge is -2.28. The van der Waals surface area contributed by atoms with Crippen LogP contribution in [0.4, 0.5) is 0 Å². The number of likely N-dealkylation sites (tertiary alicyclic amines) is 1. The van der Waals surface area contributed by atoms with Crippen molar-refractivity contribution in [2.75, 3.05) is 47.5 Å². The summed E-state index contributed by atoms with van der Waals surface area (Å²) >= 11 is 0. The number of benzene rings is 2. The smallest absolute Gasteiger partial charge is 0.227 e. The number of carbonyl (C=O) groups is 1. The number of hydrogen-bond donors (Lipinski definition) is 1. The predicted octanol–water partition coefficient (Wildman–Crippen LogP) is 2.94. The Morgan fingerprint density at radius 2 is 1.77 bits per heavy atom. The molecule has 2 unspecified atom stereocenters. The molecule has 31 heavy (non-hydrogen) atoms. The maximum atomic E-state index is 13.2. The summed E-state index contributed by atoms with van der Waals surface area (Å²) in [6.45, 7) is 3.62. The van der Waals surface area contributed by atoms with E-state index < -0.39 is 0 Å². The van der Waals surface area contributed by atoms with Crippen molar-refractivity contribution in [3.8, 4) is 17.2 Å². The summed E-state index contributed by atoms with van der Waals surface area (Å²) in [6.07, 6.45) is 2.47. The molecule has 1 N–H and O–H groups in total. The van der Waals surface area contributed by atoms with Gasteiger partial charge in [0.05, 0.1) is 27.8 Å². The molecule has 2 saturated heterocycles. The topological polar surface area (TPSA) is 60.0 Å². The minimum atomic E-state index is 0.155. The van der Waals surface area contributed by atoms with Crippen LogP contribution in [0.1, 0.15) is 17.5 Å². The van der Waals surface area contributed by atoms with Crippen LogP contribution >= 0.6 is 0 Å². The standard InChI is InChI=1S/C25H32N2O4/c1-29-21-11-19(12-22(30-2)24(21)31-3)13-23(28)27-15-20-14-26-16-25(20,17-27)10-9-18-7-5-4-6-8-18/h4-8,11-12,20,26H,9-10,13-17H2,1-3H3. The fourth-order valence-electron chi connectivity index (χ4n) is 5.13. The third-order valence-electron chi connectivity index (χ3n) is 6.87. The van der Waals surface area contributed by atoms with E-state index in [1.807, 2.05) is 12.1 Å². The Bertz CT molecular complexity index is 892. The highest BCUT2D eigenvalue weighted by Crippen LogP contribution is 2.43. The summed E-state index contributed by atoms with van der Waals surface area (Å²) in [5.41, 5.74) is 2.40. The van der Waals surface area contributed by atoms with Gasteiger partial charge >= 0.3 is 0 Å². The average Bonchev–Trinajstić information content (AvgIpc) is 3.35. The van der Waals surface area contributed by atoms with E-state index in [0.29, 0.717) is 29.6 Å². The minimum absolute atomic E-state index is 0.155. The number of hydrogen-bond acceptors (Lipinski definition) is 5. The SMILES string of the molecule is COc1cc(CC(=O)N2CC3CNCC3(CCc3ccccc3)C2)cc(OC)c1OC. The number of methoxy groups -OCH3 is 3. The van der Waals surface area contributed by atoms with E-state index in [9.17, 15) is 4.79 Å². The van der Waals surface area contributed by atoms with Gasteiger partial charge in [-0.2, -0.15) is 0 Å². The third kappa shape index (κ3) is 4.35. The number of ether oxygens (including phenoxy) is 3. The zero-order valence-electron chi connectivity index (χ0n) is 18.6. The first-order valence-corrected chi connectivity index (χ1v) is 10.9. The second-order valence-electron chi connectivity index (χ2n) is 8.66.